The molecular formula is C18H21FN2O5S. The molecular weight excluding hydrogens is 375 g/mol. The molecule has 1 atom stereocenters. The molecule has 0 aliphatic rings. The lowest BCUT2D eigenvalue weighted by atomic mass is 10.0. The molecule has 0 bridgehead atoms. The van der Waals surface area contributed by atoms with Crippen LogP contribution in [0.3, 0.4) is 0 Å². The predicted molar refractivity (Wildman–Crippen MR) is 98.6 cm³/mol. The van der Waals surface area contributed by atoms with E-state index in [2.05, 4.69) is 0 Å². The number of sulfone groups is 1. The van der Waals surface area contributed by atoms with Crippen molar-refractivity contribution in [1.29, 1.82) is 0 Å². The Hall–Kier alpha value is -2.52. The Morgan fingerprint density at radius 3 is 2.56 bits per heavy atom. The van der Waals surface area contributed by atoms with Gasteiger partial charge in [0.25, 0.3) is 11.5 Å². The van der Waals surface area contributed by atoms with Gasteiger partial charge in [-0.3, -0.25) is 14.8 Å². The van der Waals surface area contributed by atoms with Crippen molar-refractivity contribution in [1.82, 2.24) is 10.0 Å². The number of hydroxylamine groups is 1. The number of nitrogens with one attached hydrogen (secondary N) is 1. The van der Waals surface area contributed by atoms with E-state index < -0.39 is 31.9 Å². The number of benzene rings is 1. The number of aromatic nitrogens is 1. The van der Waals surface area contributed by atoms with Crippen LogP contribution in [0.1, 0.15) is 18.9 Å². The largest absolute Gasteiger partial charge is 0.312 e. The molecule has 0 aliphatic carbocycles. The first-order chi connectivity index (χ1) is 12.5. The molecule has 27 heavy (non-hydrogen) atoms. The van der Waals surface area contributed by atoms with Gasteiger partial charge in [0.1, 0.15) is 5.82 Å². The smallest absolute Gasteiger partial charge is 0.264 e. The molecule has 1 amide bonds. The molecule has 0 saturated heterocycles. The van der Waals surface area contributed by atoms with Crippen molar-refractivity contribution in [3.8, 4) is 11.1 Å². The number of aryl methyl sites for hydroxylation is 2. The van der Waals surface area contributed by atoms with Crippen LogP contribution in [-0.4, -0.2) is 35.1 Å². The third kappa shape index (κ3) is 4.25. The second-order valence-corrected chi connectivity index (χ2v) is 9.08. The molecule has 7 nitrogen and oxygen atoms in total. The molecule has 0 aliphatic heterocycles. The van der Waals surface area contributed by atoms with Crippen molar-refractivity contribution in [3.63, 3.8) is 0 Å². The molecule has 2 aromatic rings. The fourth-order valence-corrected chi connectivity index (χ4v) is 3.52. The lowest BCUT2D eigenvalue weighted by Gasteiger charge is -2.25. The van der Waals surface area contributed by atoms with Crippen LogP contribution < -0.4 is 11.0 Å². The van der Waals surface area contributed by atoms with E-state index in [0.29, 0.717) is 5.56 Å². The van der Waals surface area contributed by atoms with Crippen molar-refractivity contribution >= 4 is 15.7 Å². The van der Waals surface area contributed by atoms with Crippen LogP contribution in [0, 0.1) is 12.7 Å². The van der Waals surface area contributed by atoms with E-state index >= 15 is 0 Å². The van der Waals surface area contributed by atoms with E-state index in [9.17, 15) is 22.4 Å². The summed E-state index contributed by atoms with van der Waals surface area (Å²) < 4.78 is 37.5. The summed E-state index contributed by atoms with van der Waals surface area (Å²) in [5, 5.41) is 8.82. The van der Waals surface area contributed by atoms with Crippen LogP contribution >= 0.6 is 0 Å². The highest BCUT2D eigenvalue weighted by atomic mass is 32.2. The zero-order chi connectivity index (χ0) is 20.4. The number of halogens is 1. The zero-order valence-electron chi connectivity index (χ0n) is 15.2. The molecule has 2 rings (SSSR count). The fourth-order valence-electron chi connectivity index (χ4n) is 2.67. The average molecular weight is 396 g/mol. The normalized spacial score (nSPS) is 13.8. The van der Waals surface area contributed by atoms with Crippen molar-refractivity contribution in [2.75, 3.05) is 6.26 Å². The number of hydrogen-bond acceptors (Lipinski definition) is 5. The van der Waals surface area contributed by atoms with Crippen LogP contribution in [0.5, 0.6) is 0 Å². The van der Waals surface area contributed by atoms with Gasteiger partial charge in [-0.25, -0.2) is 18.3 Å². The monoisotopic (exact) mass is 396 g/mol. The van der Waals surface area contributed by atoms with Crippen LogP contribution in [0.2, 0.25) is 0 Å². The third-order valence-corrected chi connectivity index (χ3v) is 6.66. The molecule has 1 aromatic heterocycles. The van der Waals surface area contributed by atoms with E-state index in [0.717, 1.165) is 35.6 Å². The number of pyridine rings is 1. The molecule has 0 unspecified atom stereocenters. The topological polar surface area (TPSA) is 105 Å². The highest BCUT2D eigenvalue weighted by molar-refractivity contribution is 7.92. The summed E-state index contributed by atoms with van der Waals surface area (Å²) in [5.74, 6) is -1.76. The Balaban J connectivity index is 2.37. The Kier molecular flexibility index (Phi) is 5.86. The number of nitrogens with zero attached hydrogens (tertiary/aromatic N) is 1. The number of hydrogen-bond donors (Lipinski definition) is 2. The minimum absolute atomic E-state index is 0.138. The van der Waals surface area contributed by atoms with E-state index in [1.807, 2.05) is 13.0 Å². The number of amides is 1. The van der Waals surface area contributed by atoms with Crippen LogP contribution in [-0.2, 0) is 21.2 Å². The lowest BCUT2D eigenvalue weighted by Crippen LogP contribution is -2.50. The second kappa shape index (κ2) is 7.61. The maximum atomic E-state index is 14.5. The summed E-state index contributed by atoms with van der Waals surface area (Å²) in [5.41, 5.74) is 2.40. The van der Waals surface area contributed by atoms with Gasteiger partial charge in [0.2, 0.25) is 0 Å². The summed E-state index contributed by atoms with van der Waals surface area (Å²) in [4.78, 5) is 24.2. The quantitative estimate of drug-likeness (QED) is 0.571. The molecule has 2 N–H and O–H groups in total. The Morgan fingerprint density at radius 1 is 1.33 bits per heavy atom. The molecule has 1 aromatic carbocycles. The van der Waals surface area contributed by atoms with Crippen molar-refractivity contribution < 1.29 is 22.8 Å². The van der Waals surface area contributed by atoms with E-state index in [4.69, 9.17) is 5.21 Å². The third-order valence-electron chi connectivity index (χ3n) is 4.64. The fraction of sp³-hybridized carbons (Fsp3) is 0.333. The summed E-state index contributed by atoms with van der Waals surface area (Å²) in [6, 6.07) is 8.16. The predicted octanol–water partition coefficient (Wildman–Crippen LogP) is 1.66. The van der Waals surface area contributed by atoms with Gasteiger partial charge < -0.3 is 4.57 Å². The molecule has 146 valence electrons. The first-order valence-corrected chi connectivity index (χ1v) is 10.00. The van der Waals surface area contributed by atoms with Crippen LogP contribution in [0.25, 0.3) is 11.1 Å². The van der Waals surface area contributed by atoms with Gasteiger partial charge in [0, 0.05) is 30.6 Å². The first kappa shape index (κ1) is 20.8. The first-order valence-electron chi connectivity index (χ1n) is 8.11. The number of carbonyl (C=O) groups is 1. The van der Waals surface area contributed by atoms with Crippen molar-refractivity contribution in [2.24, 2.45) is 0 Å². The van der Waals surface area contributed by atoms with Crippen molar-refractivity contribution in [3.05, 3.63) is 58.3 Å². The minimum Gasteiger partial charge on any atom is -0.312 e. The lowest BCUT2D eigenvalue weighted by molar-refractivity contribution is -0.131. The molecule has 0 saturated carbocycles. The van der Waals surface area contributed by atoms with E-state index in [1.54, 1.807) is 18.2 Å². The summed E-state index contributed by atoms with van der Waals surface area (Å²) in [7, 11) is -3.91. The molecule has 0 radical (unpaired) electrons. The van der Waals surface area contributed by atoms with Gasteiger partial charge in [-0.2, -0.15) is 0 Å². The van der Waals surface area contributed by atoms with Gasteiger partial charge in [-0.1, -0.05) is 29.8 Å². The maximum absolute atomic E-state index is 14.5. The van der Waals surface area contributed by atoms with Crippen LogP contribution in [0.4, 0.5) is 4.39 Å². The highest BCUT2D eigenvalue weighted by Gasteiger charge is 2.43. The van der Waals surface area contributed by atoms with Gasteiger partial charge in [0.15, 0.2) is 14.6 Å². The second-order valence-electron chi connectivity index (χ2n) is 6.63. The Morgan fingerprint density at radius 2 is 2.00 bits per heavy atom. The van der Waals surface area contributed by atoms with E-state index in [1.165, 1.54) is 5.48 Å². The molecule has 9 heteroatoms. The minimum atomic E-state index is -3.91. The SMILES string of the molecule is Cc1cccc(-c2cc(=O)n(CC[C@](C)(C(=O)NO)S(C)(=O)=O)cc2F)c1. The zero-order valence-corrected chi connectivity index (χ0v) is 16.0. The summed E-state index contributed by atoms with van der Waals surface area (Å²) >= 11 is 0. The average Bonchev–Trinajstić information content (AvgIpc) is 2.60. The summed E-state index contributed by atoms with van der Waals surface area (Å²) in [6.07, 6.45) is 1.52. The number of rotatable bonds is 6. The molecule has 0 spiro atoms. The van der Waals surface area contributed by atoms with Gasteiger partial charge in [0.05, 0.1) is 0 Å². The molecule has 1 heterocycles. The summed E-state index contributed by atoms with van der Waals surface area (Å²) in [6.45, 7) is 2.76. The van der Waals surface area contributed by atoms with Gasteiger partial charge >= 0.3 is 0 Å². The number of carbonyl (C=O) groups excluding carboxylic acids is 1. The Bertz CT molecular complexity index is 1030. The molecule has 0 fully saturated rings. The van der Waals surface area contributed by atoms with Gasteiger partial charge in [-0.05, 0) is 25.8 Å². The standard InChI is InChI=1S/C18H21FN2O5S/c1-12-5-4-6-13(9-12)14-10-16(22)21(11-15(14)19)8-7-18(2,17(23)20-24)27(3,25)26/h4-6,9-11,24H,7-8H2,1-3H3,(H,20,23)/t18-/m1/s1. The van der Waals surface area contributed by atoms with Crippen molar-refractivity contribution in [2.45, 2.75) is 31.6 Å². The maximum Gasteiger partial charge on any atom is 0.264 e. The van der Waals surface area contributed by atoms with Gasteiger partial charge in [-0.15, -0.1) is 0 Å². The Labute approximate surface area is 156 Å². The van der Waals surface area contributed by atoms with Crippen LogP contribution in [0.15, 0.2) is 41.3 Å². The van der Waals surface area contributed by atoms with E-state index in [-0.39, 0.29) is 18.5 Å². The highest BCUT2D eigenvalue weighted by Crippen LogP contribution is 2.24.